The number of hydrogen-bond donors (Lipinski definition) is 0. The van der Waals surface area contributed by atoms with E-state index in [1.165, 1.54) is 0 Å². The van der Waals surface area contributed by atoms with Gasteiger partial charge in [0.15, 0.2) is 0 Å². The molecule has 0 saturated carbocycles. The van der Waals surface area contributed by atoms with E-state index in [4.69, 9.17) is 4.74 Å². The maximum Gasteiger partial charge on any atom is 0.119 e. The molecule has 2 rings (SSSR count). The van der Waals surface area contributed by atoms with E-state index in [1.807, 2.05) is 43.4 Å². The SMILES string of the molecule is COc1ccc(N(C)N=Cc2ccncc2)cc1. The number of methoxy groups -OCH3 is 1. The predicted octanol–water partition coefficient (Wildman–Crippen LogP) is 2.56. The van der Waals surface area contributed by atoms with Crippen LogP contribution in [0.3, 0.4) is 0 Å². The van der Waals surface area contributed by atoms with Crippen LogP contribution in [0.4, 0.5) is 5.69 Å². The fourth-order valence-corrected chi connectivity index (χ4v) is 1.47. The second-order valence-corrected chi connectivity index (χ2v) is 3.75. The second kappa shape index (κ2) is 5.82. The number of ether oxygens (including phenoxy) is 1. The van der Waals surface area contributed by atoms with Crippen LogP contribution < -0.4 is 9.75 Å². The van der Waals surface area contributed by atoms with Gasteiger partial charge in [-0.15, -0.1) is 0 Å². The summed E-state index contributed by atoms with van der Waals surface area (Å²) in [4.78, 5) is 3.96. The van der Waals surface area contributed by atoms with Gasteiger partial charge < -0.3 is 4.74 Å². The fraction of sp³-hybridized carbons (Fsp3) is 0.143. The van der Waals surface area contributed by atoms with E-state index in [2.05, 4.69) is 10.1 Å². The smallest absolute Gasteiger partial charge is 0.119 e. The molecule has 0 bridgehead atoms. The minimum Gasteiger partial charge on any atom is -0.497 e. The van der Waals surface area contributed by atoms with Crippen molar-refractivity contribution in [2.75, 3.05) is 19.2 Å². The van der Waals surface area contributed by atoms with Crippen LogP contribution in [-0.4, -0.2) is 25.4 Å². The van der Waals surface area contributed by atoms with Gasteiger partial charge in [0.1, 0.15) is 5.75 Å². The van der Waals surface area contributed by atoms with E-state index in [-0.39, 0.29) is 0 Å². The van der Waals surface area contributed by atoms with Gasteiger partial charge in [-0.05, 0) is 42.0 Å². The van der Waals surface area contributed by atoms with Gasteiger partial charge in [-0.3, -0.25) is 9.99 Å². The molecule has 0 saturated heterocycles. The number of hydrogen-bond acceptors (Lipinski definition) is 4. The number of aromatic nitrogens is 1. The summed E-state index contributed by atoms with van der Waals surface area (Å²) in [5, 5.41) is 6.17. The van der Waals surface area contributed by atoms with Crippen molar-refractivity contribution in [3.63, 3.8) is 0 Å². The maximum atomic E-state index is 5.11. The van der Waals surface area contributed by atoms with Gasteiger partial charge >= 0.3 is 0 Å². The van der Waals surface area contributed by atoms with Crippen molar-refractivity contribution in [1.82, 2.24) is 4.98 Å². The first kappa shape index (κ1) is 12.1. The molecule has 1 aromatic carbocycles. The Kier molecular flexibility index (Phi) is 3.91. The van der Waals surface area contributed by atoms with Crippen LogP contribution in [0.25, 0.3) is 0 Å². The van der Waals surface area contributed by atoms with E-state index < -0.39 is 0 Å². The number of pyridine rings is 1. The van der Waals surface area contributed by atoms with Crippen LogP contribution in [0.15, 0.2) is 53.9 Å². The van der Waals surface area contributed by atoms with Crippen LogP contribution >= 0.6 is 0 Å². The molecule has 0 aliphatic rings. The van der Waals surface area contributed by atoms with Gasteiger partial charge in [-0.1, -0.05) is 0 Å². The summed E-state index contributed by atoms with van der Waals surface area (Å²) in [6.45, 7) is 0. The Hall–Kier alpha value is -2.36. The van der Waals surface area contributed by atoms with Crippen molar-refractivity contribution in [2.24, 2.45) is 5.10 Å². The van der Waals surface area contributed by atoms with E-state index in [9.17, 15) is 0 Å². The third-order valence-electron chi connectivity index (χ3n) is 2.53. The Morgan fingerprint density at radius 3 is 2.39 bits per heavy atom. The summed E-state index contributed by atoms with van der Waals surface area (Å²) in [5.41, 5.74) is 2.02. The van der Waals surface area contributed by atoms with Crippen molar-refractivity contribution in [3.8, 4) is 5.75 Å². The molecule has 0 amide bonds. The maximum absolute atomic E-state index is 5.11. The number of hydrazone groups is 1. The van der Waals surface area contributed by atoms with E-state index in [0.29, 0.717) is 0 Å². The fourth-order valence-electron chi connectivity index (χ4n) is 1.47. The Morgan fingerprint density at radius 2 is 1.78 bits per heavy atom. The highest BCUT2D eigenvalue weighted by atomic mass is 16.5. The predicted molar refractivity (Wildman–Crippen MR) is 73.2 cm³/mol. The Bertz CT molecular complexity index is 508. The molecule has 0 aliphatic carbocycles. The Morgan fingerprint density at radius 1 is 1.11 bits per heavy atom. The largest absolute Gasteiger partial charge is 0.497 e. The second-order valence-electron chi connectivity index (χ2n) is 3.75. The van der Waals surface area contributed by atoms with Crippen molar-refractivity contribution >= 4 is 11.9 Å². The number of rotatable bonds is 4. The molecule has 4 nitrogen and oxygen atoms in total. The molecule has 0 radical (unpaired) electrons. The first-order valence-electron chi connectivity index (χ1n) is 5.61. The summed E-state index contributed by atoms with van der Waals surface area (Å²) in [5.74, 6) is 0.838. The number of nitrogens with zero attached hydrogens (tertiary/aromatic N) is 3. The monoisotopic (exact) mass is 241 g/mol. The summed E-state index contributed by atoms with van der Waals surface area (Å²) in [7, 11) is 3.56. The molecule has 0 spiro atoms. The van der Waals surface area contributed by atoms with Gasteiger partial charge in [0.2, 0.25) is 0 Å². The normalized spacial score (nSPS) is 10.6. The van der Waals surface area contributed by atoms with Crippen molar-refractivity contribution in [2.45, 2.75) is 0 Å². The van der Waals surface area contributed by atoms with Gasteiger partial charge in [-0.2, -0.15) is 5.10 Å². The minimum absolute atomic E-state index is 0.838. The standard InChI is InChI=1S/C14H15N3O/c1-17(13-3-5-14(18-2)6-4-13)16-11-12-7-9-15-10-8-12/h3-11H,1-2H3. The van der Waals surface area contributed by atoms with Crippen LogP contribution in [-0.2, 0) is 0 Å². The summed E-state index contributed by atoms with van der Waals surface area (Å²) < 4.78 is 5.11. The summed E-state index contributed by atoms with van der Waals surface area (Å²) >= 11 is 0. The molecule has 0 atom stereocenters. The molecule has 4 heteroatoms. The lowest BCUT2D eigenvalue weighted by atomic mass is 10.3. The molecule has 0 N–H and O–H groups in total. The Labute approximate surface area is 107 Å². The topological polar surface area (TPSA) is 37.7 Å². The van der Waals surface area contributed by atoms with Gasteiger partial charge in [0, 0.05) is 19.4 Å². The molecule has 0 unspecified atom stereocenters. The molecule has 0 fully saturated rings. The average molecular weight is 241 g/mol. The molecule has 1 heterocycles. The molecule has 2 aromatic rings. The van der Waals surface area contributed by atoms with Crippen LogP contribution in [0.5, 0.6) is 5.75 Å². The molecular formula is C14H15N3O. The lowest BCUT2D eigenvalue weighted by Crippen LogP contribution is -2.08. The van der Waals surface area contributed by atoms with Gasteiger partial charge in [-0.25, -0.2) is 0 Å². The Balaban J connectivity index is 2.07. The van der Waals surface area contributed by atoms with Crippen LogP contribution in [0, 0.1) is 0 Å². The highest BCUT2D eigenvalue weighted by Gasteiger charge is 1.98. The van der Waals surface area contributed by atoms with E-state index >= 15 is 0 Å². The minimum atomic E-state index is 0.838. The lowest BCUT2D eigenvalue weighted by Gasteiger charge is -2.13. The first-order valence-corrected chi connectivity index (χ1v) is 5.61. The van der Waals surface area contributed by atoms with Gasteiger partial charge in [0.05, 0.1) is 19.0 Å². The zero-order valence-corrected chi connectivity index (χ0v) is 10.4. The third kappa shape index (κ3) is 3.07. The highest BCUT2D eigenvalue weighted by molar-refractivity contribution is 5.80. The molecule has 18 heavy (non-hydrogen) atoms. The number of anilines is 1. The summed E-state index contributed by atoms with van der Waals surface area (Å²) in [6.07, 6.45) is 5.29. The summed E-state index contributed by atoms with van der Waals surface area (Å²) in [6, 6.07) is 11.6. The van der Waals surface area contributed by atoms with Crippen molar-refractivity contribution < 1.29 is 4.74 Å². The molecule has 1 aromatic heterocycles. The first-order chi connectivity index (χ1) is 8.79. The zero-order valence-electron chi connectivity index (χ0n) is 10.4. The van der Waals surface area contributed by atoms with Crippen LogP contribution in [0.1, 0.15) is 5.56 Å². The quantitative estimate of drug-likeness (QED) is 0.610. The molecular weight excluding hydrogens is 226 g/mol. The molecule has 92 valence electrons. The van der Waals surface area contributed by atoms with Crippen LogP contribution in [0.2, 0.25) is 0 Å². The molecule has 0 aliphatic heterocycles. The van der Waals surface area contributed by atoms with E-state index in [0.717, 1.165) is 17.0 Å². The third-order valence-corrected chi connectivity index (χ3v) is 2.53. The van der Waals surface area contributed by atoms with Crippen molar-refractivity contribution in [1.29, 1.82) is 0 Å². The zero-order chi connectivity index (χ0) is 12.8. The van der Waals surface area contributed by atoms with Gasteiger partial charge in [0.25, 0.3) is 0 Å². The van der Waals surface area contributed by atoms with E-state index in [1.54, 1.807) is 30.7 Å². The average Bonchev–Trinajstić information content (AvgIpc) is 2.46. The highest BCUT2D eigenvalue weighted by Crippen LogP contribution is 2.18. The number of benzene rings is 1. The lowest BCUT2D eigenvalue weighted by molar-refractivity contribution is 0.415. The van der Waals surface area contributed by atoms with Crippen molar-refractivity contribution in [3.05, 3.63) is 54.4 Å².